The number of amides is 2. The lowest BCUT2D eigenvalue weighted by Gasteiger charge is -2.21. The molecule has 1 N–H and O–H groups in total. The van der Waals surface area contributed by atoms with E-state index in [2.05, 4.69) is 11.9 Å². The third-order valence-electron chi connectivity index (χ3n) is 4.70. The number of halogens is 1. The van der Waals surface area contributed by atoms with Crippen molar-refractivity contribution in [2.45, 2.75) is 39.0 Å². The van der Waals surface area contributed by atoms with Gasteiger partial charge in [0.15, 0.2) is 5.70 Å². The molecule has 1 fully saturated rings. The molecule has 1 aromatic rings. The standard InChI is InChI=1S/C23H27N3O7.ClH/c1-5-11-31-21(29)18-16(20(28)32-14-15-9-7-6-8-10-15)12-25-13-17(19(27)26(18)25)24-22(30)33-23(2,3)4;/h5-10,17H,1,11-14H2,2-4H3,(H,24,30);1H/t17-;/m0./s1. The van der Waals surface area contributed by atoms with E-state index in [0.29, 0.717) is 0 Å². The average molecular weight is 494 g/mol. The topological polar surface area (TPSA) is 114 Å². The van der Waals surface area contributed by atoms with E-state index in [1.807, 2.05) is 18.2 Å². The fourth-order valence-corrected chi connectivity index (χ4v) is 3.37. The molecule has 184 valence electrons. The van der Waals surface area contributed by atoms with Crippen LogP contribution in [0.25, 0.3) is 0 Å². The molecule has 1 aromatic carbocycles. The average Bonchev–Trinajstić information content (AvgIpc) is 3.26. The molecule has 0 spiro atoms. The third-order valence-corrected chi connectivity index (χ3v) is 4.70. The highest BCUT2D eigenvalue weighted by atomic mass is 35.5. The van der Waals surface area contributed by atoms with Gasteiger partial charge < -0.3 is 19.5 Å². The summed E-state index contributed by atoms with van der Waals surface area (Å²) in [6.45, 7) is 8.51. The fourth-order valence-electron chi connectivity index (χ4n) is 3.37. The van der Waals surface area contributed by atoms with Crippen LogP contribution in [0.2, 0.25) is 0 Å². The first-order chi connectivity index (χ1) is 15.6. The molecule has 2 heterocycles. The highest BCUT2D eigenvalue weighted by molar-refractivity contribution is 6.05. The van der Waals surface area contributed by atoms with E-state index in [4.69, 9.17) is 14.2 Å². The molecular weight excluding hydrogens is 466 g/mol. The van der Waals surface area contributed by atoms with Crippen LogP contribution in [0.5, 0.6) is 0 Å². The van der Waals surface area contributed by atoms with Gasteiger partial charge in [-0.15, -0.1) is 12.4 Å². The van der Waals surface area contributed by atoms with Crippen LogP contribution in [0.4, 0.5) is 4.79 Å². The predicted molar refractivity (Wildman–Crippen MR) is 123 cm³/mol. The van der Waals surface area contributed by atoms with Crippen molar-refractivity contribution in [1.82, 2.24) is 15.3 Å². The van der Waals surface area contributed by atoms with Crippen LogP contribution < -0.4 is 5.32 Å². The predicted octanol–water partition coefficient (Wildman–Crippen LogP) is 2.10. The maximum absolute atomic E-state index is 13.0. The summed E-state index contributed by atoms with van der Waals surface area (Å²) in [6.07, 6.45) is 0.613. The van der Waals surface area contributed by atoms with Crippen LogP contribution in [0.15, 0.2) is 54.3 Å². The molecule has 11 heteroatoms. The first-order valence-corrected chi connectivity index (χ1v) is 10.4. The number of carbonyl (C=O) groups excluding carboxylic acids is 4. The zero-order valence-corrected chi connectivity index (χ0v) is 20.1. The smallest absolute Gasteiger partial charge is 0.408 e. The van der Waals surface area contributed by atoms with Gasteiger partial charge in [0.1, 0.15) is 24.9 Å². The van der Waals surface area contributed by atoms with Gasteiger partial charge in [0.2, 0.25) is 0 Å². The number of hydrazine groups is 1. The van der Waals surface area contributed by atoms with E-state index in [1.54, 1.807) is 32.9 Å². The Balaban J connectivity index is 0.00000408. The van der Waals surface area contributed by atoms with E-state index in [9.17, 15) is 19.2 Å². The molecule has 0 radical (unpaired) electrons. The molecule has 0 unspecified atom stereocenters. The number of fused-ring (bicyclic) bond motifs is 1. The highest BCUT2D eigenvalue weighted by Gasteiger charge is 2.50. The number of carbonyl (C=O) groups is 4. The number of nitrogens with one attached hydrogen (secondary N) is 1. The fraction of sp³-hybridized carbons (Fsp3) is 0.391. The molecule has 0 aromatic heterocycles. The van der Waals surface area contributed by atoms with Gasteiger partial charge >= 0.3 is 18.0 Å². The van der Waals surface area contributed by atoms with Crippen LogP contribution >= 0.6 is 12.4 Å². The number of hydrogen-bond donors (Lipinski definition) is 1. The summed E-state index contributed by atoms with van der Waals surface area (Å²) in [5.74, 6) is -2.18. The first-order valence-electron chi connectivity index (χ1n) is 10.4. The van der Waals surface area contributed by atoms with Gasteiger partial charge in [-0.25, -0.2) is 24.4 Å². The molecule has 10 nitrogen and oxygen atoms in total. The van der Waals surface area contributed by atoms with Crippen molar-refractivity contribution < 1.29 is 33.4 Å². The number of ether oxygens (including phenoxy) is 3. The number of benzene rings is 1. The van der Waals surface area contributed by atoms with Crippen LogP contribution in [-0.4, -0.2) is 65.3 Å². The van der Waals surface area contributed by atoms with Crippen LogP contribution in [0.3, 0.4) is 0 Å². The van der Waals surface area contributed by atoms with E-state index in [1.165, 1.54) is 11.1 Å². The second-order valence-corrected chi connectivity index (χ2v) is 8.47. The van der Waals surface area contributed by atoms with Crippen LogP contribution in [-0.2, 0) is 35.2 Å². The minimum Gasteiger partial charge on any atom is -0.457 e. The van der Waals surface area contributed by atoms with Gasteiger partial charge in [0.25, 0.3) is 5.91 Å². The summed E-state index contributed by atoms with van der Waals surface area (Å²) < 4.78 is 15.7. The van der Waals surface area contributed by atoms with Crippen molar-refractivity contribution in [3.63, 3.8) is 0 Å². The number of nitrogens with zero attached hydrogens (tertiary/aromatic N) is 2. The monoisotopic (exact) mass is 493 g/mol. The van der Waals surface area contributed by atoms with Crippen molar-refractivity contribution in [1.29, 1.82) is 0 Å². The van der Waals surface area contributed by atoms with Gasteiger partial charge in [-0.05, 0) is 26.3 Å². The van der Waals surface area contributed by atoms with E-state index in [-0.39, 0.29) is 50.0 Å². The molecule has 2 amide bonds. The third kappa shape index (κ3) is 6.36. The lowest BCUT2D eigenvalue weighted by molar-refractivity contribution is -0.146. The summed E-state index contributed by atoms with van der Waals surface area (Å²) >= 11 is 0. The second kappa shape index (κ2) is 11.2. The van der Waals surface area contributed by atoms with Crippen molar-refractivity contribution in [2.75, 3.05) is 19.7 Å². The van der Waals surface area contributed by atoms with Crippen LogP contribution in [0, 0.1) is 0 Å². The summed E-state index contributed by atoms with van der Waals surface area (Å²) in [6, 6.07) is 8.11. The van der Waals surface area contributed by atoms with Crippen molar-refractivity contribution in [3.05, 3.63) is 59.8 Å². The quantitative estimate of drug-likeness (QED) is 0.349. The number of rotatable bonds is 7. The zero-order valence-electron chi connectivity index (χ0n) is 19.2. The molecule has 2 aliphatic rings. The molecule has 2 aliphatic heterocycles. The van der Waals surface area contributed by atoms with Crippen molar-refractivity contribution in [3.8, 4) is 0 Å². The highest BCUT2D eigenvalue weighted by Crippen LogP contribution is 2.31. The molecule has 34 heavy (non-hydrogen) atoms. The lowest BCUT2D eigenvalue weighted by atomic mass is 10.1. The van der Waals surface area contributed by atoms with Gasteiger partial charge in [0.05, 0.1) is 12.1 Å². The maximum Gasteiger partial charge on any atom is 0.408 e. The Morgan fingerprint density at radius 1 is 1.15 bits per heavy atom. The van der Waals surface area contributed by atoms with Crippen molar-refractivity contribution in [2.24, 2.45) is 0 Å². The maximum atomic E-state index is 13.0. The second-order valence-electron chi connectivity index (χ2n) is 8.47. The molecule has 0 bridgehead atoms. The van der Waals surface area contributed by atoms with E-state index in [0.717, 1.165) is 10.6 Å². The Bertz CT molecular complexity index is 988. The molecule has 0 saturated carbocycles. The Morgan fingerprint density at radius 3 is 2.44 bits per heavy atom. The van der Waals surface area contributed by atoms with Crippen molar-refractivity contribution >= 4 is 36.3 Å². The molecule has 1 atom stereocenters. The SMILES string of the molecule is C=CCOC(=O)C1=C(C(=O)OCc2ccccc2)CN2C[C@H](NC(=O)OC(C)(C)C)C(=O)N12.Cl. The number of alkyl carbamates (subject to hydrolysis) is 1. The van der Waals surface area contributed by atoms with E-state index >= 15 is 0 Å². The molecule has 1 saturated heterocycles. The largest absolute Gasteiger partial charge is 0.457 e. The molecule has 0 aliphatic carbocycles. The number of esters is 2. The summed E-state index contributed by atoms with van der Waals surface area (Å²) in [4.78, 5) is 50.7. The molecular formula is C23H28ClN3O7. The number of hydrogen-bond acceptors (Lipinski definition) is 8. The summed E-state index contributed by atoms with van der Waals surface area (Å²) in [5.41, 5.74) is -0.187. The Morgan fingerprint density at radius 2 is 1.82 bits per heavy atom. The minimum atomic E-state index is -0.955. The first kappa shape index (κ1) is 26.9. The van der Waals surface area contributed by atoms with Gasteiger partial charge in [-0.3, -0.25) is 4.79 Å². The van der Waals surface area contributed by atoms with Gasteiger partial charge in [0, 0.05) is 6.54 Å². The minimum absolute atomic E-state index is 0. The lowest BCUT2D eigenvalue weighted by Crippen LogP contribution is -2.45. The zero-order chi connectivity index (χ0) is 24.2. The summed E-state index contributed by atoms with van der Waals surface area (Å²) in [7, 11) is 0. The molecule has 3 rings (SSSR count). The van der Waals surface area contributed by atoms with Gasteiger partial charge in [-0.1, -0.05) is 43.0 Å². The van der Waals surface area contributed by atoms with E-state index < -0.39 is 35.6 Å². The van der Waals surface area contributed by atoms with Gasteiger partial charge in [-0.2, -0.15) is 0 Å². The summed E-state index contributed by atoms with van der Waals surface area (Å²) in [5, 5.41) is 5.05. The Labute approximate surface area is 203 Å². The Kier molecular flexibility index (Phi) is 8.83. The Hall–Kier alpha value is -3.37. The normalized spacial score (nSPS) is 17.6. The van der Waals surface area contributed by atoms with Crippen LogP contribution in [0.1, 0.15) is 26.3 Å².